The van der Waals surface area contributed by atoms with E-state index in [1.165, 1.54) is 191 Å². The van der Waals surface area contributed by atoms with Crippen molar-refractivity contribution in [3.8, 4) is 0 Å². The van der Waals surface area contributed by atoms with E-state index in [1.54, 1.807) is 0 Å². The van der Waals surface area contributed by atoms with Gasteiger partial charge in [0, 0.05) is 5.69 Å². The molecule has 42 heavy (non-hydrogen) atoms. The molecule has 1 N–H and O–H groups in total. The van der Waals surface area contributed by atoms with Crippen molar-refractivity contribution in [1.82, 2.24) is 0 Å². The van der Waals surface area contributed by atoms with Crippen molar-refractivity contribution in [3.63, 3.8) is 0 Å². The molecular formula is C39H71NOS. The Labute approximate surface area is 268 Å². The topological polar surface area (TPSA) is 29.1 Å². The third kappa shape index (κ3) is 23.5. The summed E-state index contributed by atoms with van der Waals surface area (Å²) >= 11 is 4.00. The first-order valence-corrected chi connectivity index (χ1v) is 19.2. The minimum Gasteiger partial charge on any atom is -0.317 e. The van der Waals surface area contributed by atoms with Crippen LogP contribution < -0.4 is 5.32 Å². The van der Waals surface area contributed by atoms with Gasteiger partial charge in [-0.05, 0) is 42.9 Å². The first-order valence-electron chi connectivity index (χ1n) is 18.8. The van der Waals surface area contributed by atoms with E-state index in [4.69, 9.17) is 0 Å². The van der Waals surface area contributed by atoms with E-state index in [0.717, 1.165) is 18.5 Å². The molecule has 0 aliphatic rings. The molecule has 0 radical (unpaired) electrons. The Kier molecular flexibility index (Phi) is 28.0. The van der Waals surface area contributed by atoms with Crippen LogP contribution in [0.1, 0.15) is 205 Å². The number of unbranched alkanes of at least 4 members (excludes halogenated alkanes) is 26. The first kappa shape index (κ1) is 39.1. The predicted molar refractivity (Wildman–Crippen MR) is 192 cm³/mol. The Morgan fingerprint density at radius 3 is 1.19 bits per heavy atom. The van der Waals surface area contributed by atoms with Gasteiger partial charge in [0.15, 0.2) is 0 Å². The molecule has 0 spiro atoms. The van der Waals surface area contributed by atoms with Crippen LogP contribution in [0.5, 0.6) is 0 Å². The third-order valence-electron chi connectivity index (χ3n) is 9.09. The second kappa shape index (κ2) is 30.1. The van der Waals surface area contributed by atoms with Crippen LogP contribution >= 0.6 is 12.6 Å². The second-order valence-corrected chi connectivity index (χ2v) is 13.5. The van der Waals surface area contributed by atoms with Crippen molar-refractivity contribution in [2.75, 3.05) is 5.32 Å². The van der Waals surface area contributed by atoms with Gasteiger partial charge in [0.25, 0.3) is 5.24 Å². The fourth-order valence-electron chi connectivity index (χ4n) is 6.40. The van der Waals surface area contributed by atoms with Crippen molar-refractivity contribution in [2.45, 2.75) is 206 Å². The molecule has 0 aromatic heterocycles. The molecular weight excluding hydrogens is 531 g/mol. The lowest BCUT2D eigenvalue weighted by Crippen LogP contribution is -2.07. The minimum absolute atomic E-state index is 0.258. The van der Waals surface area contributed by atoms with Crippen LogP contribution in [0.3, 0.4) is 0 Å². The molecule has 244 valence electrons. The summed E-state index contributed by atoms with van der Waals surface area (Å²) in [6, 6.07) is 6.45. The van der Waals surface area contributed by atoms with E-state index in [9.17, 15) is 4.79 Å². The Bertz CT molecular complexity index is 733. The van der Waals surface area contributed by atoms with Crippen molar-refractivity contribution < 1.29 is 4.79 Å². The Morgan fingerprint density at radius 1 is 0.500 bits per heavy atom. The van der Waals surface area contributed by atoms with Gasteiger partial charge < -0.3 is 5.32 Å². The van der Waals surface area contributed by atoms with Gasteiger partial charge in [-0.3, -0.25) is 4.79 Å². The maximum absolute atomic E-state index is 11.7. The number of hydrogen-bond acceptors (Lipinski definition) is 1. The fraction of sp³-hybridized carbons (Fsp3) is 0.821. The van der Waals surface area contributed by atoms with Crippen molar-refractivity contribution in [2.24, 2.45) is 0 Å². The average Bonchev–Trinajstić information content (AvgIpc) is 2.98. The minimum atomic E-state index is -0.258. The quantitative estimate of drug-likeness (QED) is 0.0643. The van der Waals surface area contributed by atoms with Gasteiger partial charge in [0.1, 0.15) is 0 Å². The van der Waals surface area contributed by atoms with E-state index in [2.05, 4.69) is 50.0 Å². The number of carbonyl (C=O) groups excluding carboxylic acids is 1. The summed E-state index contributed by atoms with van der Waals surface area (Å²) in [7, 11) is 0. The largest absolute Gasteiger partial charge is 0.317 e. The van der Waals surface area contributed by atoms with Crippen LogP contribution in [0.2, 0.25) is 0 Å². The maximum atomic E-state index is 11.7. The molecule has 0 unspecified atom stereocenters. The third-order valence-corrected chi connectivity index (χ3v) is 9.21. The van der Waals surface area contributed by atoms with Crippen molar-refractivity contribution >= 4 is 23.6 Å². The van der Waals surface area contributed by atoms with Crippen LogP contribution in [0.4, 0.5) is 10.5 Å². The molecule has 2 nitrogen and oxygen atoms in total. The van der Waals surface area contributed by atoms with Crippen LogP contribution in [-0.4, -0.2) is 5.24 Å². The molecule has 3 heteroatoms. The normalized spacial score (nSPS) is 11.3. The van der Waals surface area contributed by atoms with E-state index in [0.29, 0.717) is 0 Å². The molecule has 0 heterocycles. The molecule has 0 atom stereocenters. The molecule has 1 amide bonds. The Hall–Kier alpha value is -0.960. The summed E-state index contributed by atoms with van der Waals surface area (Å²) in [5.41, 5.74) is 3.77. The molecule has 0 fully saturated rings. The predicted octanol–water partition coefficient (Wildman–Crippen LogP) is 14.2. The summed E-state index contributed by atoms with van der Waals surface area (Å²) in [4.78, 5) is 11.7. The number of amides is 1. The molecule has 0 aliphatic heterocycles. The molecule has 0 aliphatic carbocycles. The number of aryl methyl sites for hydroxylation is 1. The zero-order valence-electron chi connectivity index (χ0n) is 28.3. The highest BCUT2D eigenvalue weighted by atomic mass is 32.1. The van der Waals surface area contributed by atoms with Gasteiger partial charge in [-0.2, -0.15) is 0 Å². The second-order valence-electron chi connectivity index (χ2n) is 13.1. The monoisotopic (exact) mass is 602 g/mol. The van der Waals surface area contributed by atoms with Gasteiger partial charge in [0.05, 0.1) is 0 Å². The van der Waals surface area contributed by atoms with Gasteiger partial charge in [-0.25, -0.2) is 0 Å². The smallest absolute Gasteiger partial charge is 0.280 e. The van der Waals surface area contributed by atoms with Gasteiger partial charge >= 0.3 is 0 Å². The SMILES string of the molecule is CCCCCCCCCCCCCCCCc1cccc(NC(=O)S)c1CCCCCCCCCCCCCCCC. The number of anilines is 1. The number of nitrogens with one attached hydrogen (secondary N) is 1. The van der Waals surface area contributed by atoms with Crippen LogP contribution in [-0.2, 0) is 12.8 Å². The van der Waals surface area contributed by atoms with E-state index >= 15 is 0 Å². The van der Waals surface area contributed by atoms with Crippen LogP contribution in [0.25, 0.3) is 0 Å². The van der Waals surface area contributed by atoms with Crippen LogP contribution in [0.15, 0.2) is 18.2 Å². The lowest BCUT2D eigenvalue weighted by atomic mass is 9.94. The zero-order valence-corrected chi connectivity index (χ0v) is 29.2. The standard InChI is InChI=1S/C39H71NOS/c1-3-5-7-9-11-13-15-17-19-21-23-25-27-29-32-36-33-31-35-38(40-39(41)42)37(36)34-30-28-26-24-22-20-18-16-14-12-10-8-6-4-2/h31,33,35H,3-30,32,34H2,1-2H3,(H2,40,41,42). The summed E-state index contributed by atoms with van der Waals surface area (Å²) in [5.74, 6) is 0. The van der Waals surface area contributed by atoms with Crippen LogP contribution in [0, 0.1) is 0 Å². The summed E-state index contributed by atoms with van der Waals surface area (Å²) in [6.07, 6.45) is 41.1. The fourth-order valence-corrected chi connectivity index (χ4v) is 6.52. The number of rotatable bonds is 31. The molecule has 0 saturated heterocycles. The highest BCUT2D eigenvalue weighted by Crippen LogP contribution is 2.26. The summed E-state index contributed by atoms with van der Waals surface area (Å²) in [5, 5.41) is 2.73. The zero-order chi connectivity index (χ0) is 30.4. The van der Waals surface area contributed by atoms with E-state index in [1.807, 2.05) is 0 Å². The molecule has 0 saturated carbocycles. The number of thiol groups is 1. The van der Waals surface area contributed by atoms with E-state index in [-0.39, 0.29) is 5.24 Å². The molecule has 1 rings (SSSR count). The number of carbonyl (C=O) groups is 1. The summed E-state index contributed by atoms with van der Waals surface area (Å²) in [6.45, 7) is 4.59. The molecule has 1 aromatic rings. The molecule has 1 aromatic carbocycles. The lowest BCUT2D eigenvalue weighted by molar-refractivity contribution is 0.270. The lowest BCUT2D eigenvalue weighted by Gasteiger charge is -2.15. The van der Waals surface area contributed by atoms with Gasteiger partial charge in [-0.15, -0.1) is 0 Å². The Morgan fingerprint density at radius 2 is 0.833 bits per heavy atom. The number of hydrogen-bond donors (Lipinski definition) is 2. The summed E-state index contributed by atoms with van der Waals surface area (Å²) < 4.78 is 0. The number of benzene rings is 1. The van der Waals surface area contributed by atoms with Gasteiger partial charge in [-0.1, -0.05) is 206 Å². The van der Waals surface area contributed by atoms with Crippen molar-refractivity contribution in [3.05, 3.63) is 29.3 Å². The first-order chi connectivity index (χ1) is 20.7. The molecule has 0 bridgehead atoms. The highest BCUT2D eigenvalue weighted by molar-refractivity contribution is 7.96. The van der Waals surface area contributed by atoms with E-state index < -0.39 is 0 Å². The average molecular weight is 602 g/mol. The highest BCUT2D eigenvalue weighted by Gasteiger charge is 2.10. The van der Waals surface area contributed by atoms with Gasteiger partial charge in [0.2, 0.25) is 0 Å². The maximum Gasteiger partial charge on any atom is 0.280 e. The van der Waals surface area contributed by atoms with Crippen molar-refractivity contribution in [1.29, 1.82) is 0 Å². The Balaban J connectivity index is 2.18.